The Labute approximate surface area is 166 Å². The summed E-state index contributed by atoms with van der Waals surface area (Å²) in [6, 6.07) is 7.36. The van der Waals surface area contributed by atoms with Gasteiger partial charge in [-0.25, -0.2) is 0 Å². The minimum atomic E-state index is -1.32. The normalized spacial score (nSPS) is 13.1. The number of carbonyl (C=O) groups excluding carboxylic acids is 1. The Bertz CT molecular complexity index is 834. The van der Waals surface area contributed by atoms with Gasteiger partial charge in [-0.05, 0) is 23.3 Å². The van der Waals surface area contributed by atoms with E-state index in [1.54, 1.807) is 0 Å². The molecule has 0 aliphatic rings. The fourth-order valence-electron chi connectivity index (χ4n) is 2.11. The molecule has 0 bridgehead atoms. The predicted octanol–water partition coefficient (Wildman–Crippen LogP) is 5.64. The first-order chi connectivity index (χ1) is 12.1. The topological polar surface area (TPSA) is 103 Å². The third-order valence-corrected chi connectivity index (χ3v) is 4.99. The first-order valence-corrected chi connectivity index (χ1v) is 8.46. The van der Waals surface area contributed by atoms with Gasteiger partial charge < -0.3 is 0 Å². The maximum Gasteiger partial charge on any atom is 0.288 e. The van der Waals surface area contributed by atoms with Gasteiger partial charge in [0.1, 0.15) is 20.8 Å². The van der Waals surface area contributed by atoms with Gasteiger partial charge in [0, 0.05) is 12.1 Å². The number of nitro groups is 2. The molecule has 2 rings (SSSR count). The van der Waals surface area contributed by atoms with Crippen molar-refractivity contribution in [1.82, 2.24) is 0 Å². The molecule has 0 heterocycles. The van der Waals surface area contributed by atoms with Crippen LogP contribution in [0, 0.1) is 20.2 Å². The van der Waals surface area contributed by atoms with E-state index < -0.39 is 37.8 Å². The standard InChI is InChI=1S/C15H8Cl4N2O5/c16-9-3-1-7(5-11(9)20(23)24)13(18)15(22)14(19)8-2-4-10(17)12(6-8)21(25)26/h1-6,13-14H. The highest BCUT2D eigenvalue weighted by molar-refractivity contribution is 6.40. The van der Waals surface area contributed by atoms with Crippen LogP contribution in [0.25, 0.3) is 0 Å². The molecule has 2 atom stereocenters. The Kier molecular flexibility index (Phi) is 6.41. The van der Waals surface area contributed by atoms with Crippen LogP contribution in [0.15, 0.2) is 36.4 Å². The summed E-state index contributed by atoms with van der Waals surface area (Å²) in [5.74, 6) is -0.707. The first kappa shape index (κ1) is 20.4. The Morgan fingerprint density at radius 2 is 1.15 bits per heavy atom. The molecule has 0 amide bonds. The number of hydrogen-bond acceptors (Lipinski definition) is 5. The molecule has 26 heavy (non-hydrogen) atoms. The lowest BCUT2D eigenvalue weighted by Crippen LogP contribution is -2.14. The zero-order valence-corrected chi connectivity index (χ0v) is 15.6. The fraction of sp³-hybridized carbons (Fsp3) is 0.133. The van der Waals surface area contributed by atoms with Gasteiger partial charge in [-0.2, -0.15) is 0 Å². The molecular formula is C15H8Cl4N2O5. The van der Waals surface area contributed by atoms with E-state index in [2.05, 4.69) is 0 Å². The molecule has 0 N–H and O–H groups in total. The van der Waals surface area contributed by atoms with Crippen LogP contribution in [0.3, 0.4) is 0 Å². The molecule has 2 unspecified atom stereocenters. The number of hydrogen-bond donors (Lipinski definition) is 0. The number of ketones is 1. The number of benzene rings is 2. The van der Waals surface area contributed by atoms with Crippen molar-refractivity contribution in [3.63, 3.8) is 0 Å². The summed E-state index contributed by atoms with van der Waals surface area (Å²) >= 11 is 23.7. The number of Topliss-reactive ketones (excluding diaryl/α,β-unsaturated/α-hetero) is 1. The number of rotatable bonds is 6. The highest BCUT2D eigenvalue weighted by atomic mass is 35.5. The molecule has 0 radical (unpaired) electrons. The first-order valence-electron chi connectivity index (χ1n) is 6.83. The van der Waals surface area contributed by atoms with E-state index in [4.69, 9.17) is 46.4 Å². The molecule has 2 aromatic rings. The minimum absolute atomic E-state index is 0.106. The van der Waals surface area contributed by atoms with Crippen molar-refractivity contribution in [3.8, 4) is 0 Å². The van der Waals surface area contributed by atoms with Crippen LogP contribution in [0.2, 0.25) is 10.0 Å². The van der Waals surface area contributed by atoms with Crippen LogP contribution >= 0.6 is 46.4 Å². The van der Waals surface area contributed by atoms with E-state index in [1.165, 1.54) is 24.3 Å². The second-order valence-electron chi connectivity index (χ2n) is 5.06. The minimum Gasteiger partial charge on any atom is -0.296 e. The quantitative estimate of drug-likeness (QED) is 0.330. The monoisotopic (exact) mass is 436 g/mol. The number of nitro benzene ring substituents is 2. The summed E-state index contributed by atoms with van der Waals surface area (Å²) in [4.78, 5) is 33.0. The molecule has 0 spiro atoms. The highest BCUT2D eigenvalue weighted by Crippen LogP contribution is 2.37. The SMILES string of the molecule is O=C(C(Cl)c1ccc(Cl)c([N+](=O)[O-])c1)C(Cl)c1ccc(Cl)c([N+](=O)[O-])c1. The molecule has 0 saturated carbocycles. The number of halogens is 4. The number of alkyl halides is 2. The van der Waals surface area contributed by atoms with Gasteiger partial charge in [-0.1, -0.05) is 35.3 Å². The smallest absolute Gasteiger partial charge is 0.288 e. The number of nitrogens with zero attached hydrogens (tertiary/aromatic N) is 2. The molecule has 0 aromatic heterocycles. The fourth-order valence-corrected chi connectivity index (χ4v) is 3.07. The van der Waals surface area contributed by atoms with Crippen LogP contribution in [0.4, 0.5) is 11.4 Å². The summed E-state index contributed by atoms with van der Waals surface area (Å²) in [5, 5.41) is 19.0. The lowest BCUT2D eigenvalue weighted by molar-refractivity contribution is -0.384. The summed E-state index contributed by atoms with van der Waals surface area (Å²) < 4.78 is 0. The van der Waals surface area contributed by atoms with E-state index in [1.807, 2.05) is 0 Å². The van der Waals surface area contributed by atoms with Gasteiger partial charge in [-0.3, -0.25) is 25.0 Å². The van der Waals surface area contributed by atoms with Crippen molar-refractivity contribution in [2.75, 3.05) is 0 Å². The van der Waals surface area contributed by atoms with Crippen molar-refractivity contribution in [3.05, 3.63) is 77.8 Å². The Balaban J connectivity index is 2.33. The van der Waals surface area contributed by atoms with Gasteiger partial charge >= 0.3 is 0 Å². The molecule has 11 heteroatoms. The molecule has 136 valence electrons. The Morgan fingerprint density at radius 1 is 0.808 bits per heavy atom. The second-order valence-corrected chi connectivity index (χ2v) is 6.75. The van der Waals surface area contributed by atoms with Crippen LogP contribution in [0.1, 0.15) is 21.9 Å². The summed E-state index contributed by atoms with van der Waals surface area (Å²) in [6.07, 6.45) is 0. The second kappa shape index (κ2) is 8.18. The zero-order valence-electron chi connectivity index (χ0n) is 12.6. The van der Waals surface area contributed by atoms with Gasteiger partial charge in [0.25, 0.3) is 11.4 Å². The highest BCUT2D eigenvalue weighted by Gasteiger charge is 2.29. The van der Waals surface area contributed by atoms with Crippen LogP contribution in [-0.2, 0) is 4.79 Å². The molecule has 7 nitrogen and oxygen atoms in total. The molecule has 0 saturated heterocycles. The average Bonchev–Trinajstić information content (AvgIpc) is 2.60. The average molecular weight is 438 g/mol. The van der Waals surface area contributed by atoms with Crippen molar-refractivity contribution in [2.45, 2.75) is 10.8 Å². The summed E-state index contributed by atoms with van der Waals surface area (Å²) in [7, 11) is 0. The molecular weight excluding hydrogens is 430 g/mol. The largest absolute Gasteiger partial charge is 0.296 e. The van der Waals surface area contributed by atoms with Gasteiger partial charge in [0.15, 0.2) is 5.78 Å². The molecule has 0 aliphatic carbocycles. The zero-order chi connectivity index (χ0) is 19.6. The van der Waals surface area contributed by atoms with Crippen molar-refractivity contribution < 1.29 is 14.6 Å². The van der Waals surface area contributed by atoms with Crippen LogP contribution < -0.4 is 0 Å². The molecule has 2 aromatic carbocycles. The van der Waals surface area contributed by atoms with Gasteiger partial charge in [0.05, 0.1) is 9.85 Å². The third-order valence-electron chi connectivity index (χ3n) is 3.42. The van der Waals surface area contributed by atoms with E-state index in [-0.39, 0.29) is 21.2 Å². The molecule has 0 fully saturated rings. The lowest BCUT2D eigenvalue weighted by Gasteiger charge is -2.14. The van der Waals surface area contributed by atoms with Crippen molar-refractivity contribution in [2.24, 2.45) is 0 Å². The van der Waals surface area contributed by atoms with E-state index in [0.29, 0.717) is 0 Å². The maximum absolute atomic E-state index is 12.5. The van der Waals surface area contributed by atoms with Crippen LogP contribution in [-0.4, -0.2) is 15.6 Å². The van der Waals surface area contributed by atoms with Crippen molar-refractivity contribution in [1.29, 1.82) is 0 Å². The Hall–Kier alpha value is -1.93. The van der Waals surface area contributed by atoms with E-state index >= 15 is 0 Å². The van der Waals surface area contributed by atoms with E-state index in [0.717, 1.165) is 12.1 Å². The molecule has 0 aliphatic heterocycles. The van der Waals surface area contributed by atoms with Gasteiger partial charge in [-0.15, -0.1) is 23.2 Å². The third kappa shape index (κ3) is 4.24. The summed E-state index contributed by atoms with van der Waals surface area (Å²) in [5.41, 5.74) is -0.560. The summed E-state index contributed by atoms with van der Waals surface area (Å²) in [6.45, 7) is 0. The van der Waals surface area contributed by atoms with Gasteiger partial charge in [0.2, 0.25) is 0 Å². The van der Waals surface area contributed by atoms with Crippen molar-refractivity contribution >= 4 is 63.6 Å². The number of carbonyl (C=O) groups is 1. The Morgan fingerprint density at radius 3 is 1.46 bits per heavy atom. The predicted molar refractivity (Wildman–Crippen MR) is 98.4 cm³/mol. The van der Waals surface area contributed by atoms with E-state index in [9.17, 15) is 25.0 Å². The lowest BCUT2D eigenvalue weighted by atomic mass is 10.0. The van der Waals surface area contributed by atoms with Crippen LogP contribution in [0.5, 0.6) is 0 Å². The maximum atomic E-state index is 12.5.